The van der Waals surface area contributed by atoms with Gasteiger partial charge in [0.15, 0.2) is 0 Å². The van der Waals surface area contributed by atoms with Gasteiger partial charge in [-0.2, -0.15) is 0 Å². The van der Waals surface area contributed by atoms with Crippen LogP contribution in [0.1, 0.15) is 6.92 Å². The number of para-hydroxylation sites is 2. The van der Waals surface area contributed by atoms with Crippen molar-refractivity contribution in [1.29, 1.82) is 0 Å². The van der Waals surface area contributed by atoms with Crippen LogP contribution in [0, 0.1) is 5.82 Å². The van der Waals surface area contributed by atoms with Crippen LogP contribution in [-0.4, -0.2) is 33.7 Å². The Labute approximate surface area is 156 Å². The van der Waals surface area contributed by atoms with Crippen molar-refractivity contribution >= 4 is 38.9 Å². The molecule has 2 rings (SSSR count). The number of carbonyl (C=O) groups excluding carboxylic acids is 1. The molecule has 6 nitrogen and oxygen atoms in total. The summed E-state index contributed by atoms with van der Waals surface area (Å²) in [6.07, 6.45) is 0.998. The number of rotatable bonds is 7. The number of nitrogens with zero attached hydrogens (tertiary/aromatic N) is 1. The number of carbonyl (C=O) groups is 1. The largest absolute Gasteiger partial charge is 0.492 e. The number of amides is 1. The molecule has 0 bridgehead atoms. The minimum atomic E-state index is -3.75. The molecule has 0 spiro atoms. The van der Waals surface area contributed by atoms with E-state index in [-0.39, 0.29) is 16.4 Å². The van der Waals surface area contributed by atoms with Crippen molar-refractivity contribution in [1.82, 2.24) is 0 Å². The zero-order valence-electron chi connectivity index (χ0n) is 14.2. The van der Waals surface area contributed by atoms with E-state index in [1.165, 1.54) is 12.1 Å². The summed E-state index contributed by atoms with van der Waals surface area (Å²) in [6, 6.07) is 10.2. The molecular formula is C17H18ClFN2O4S. The van der Waals surface area contributed by atoms with Crippen LogP contribution < -0.4 is 14.4 Å². The summed E-state index contributed by atoms with van der Waals surface area (Å²) >= 11 is 5.68. The Morgan fingerprint density at radius 2 is 1.96 bits per heavy atom. The molecule has 2 aromatic rings. The maximum absolute atomic E-state index is 13.2. The lowest BCUT2D eigenvalue weighted by atomic mass is 10.3. The molecular weight excluding hydrogens is 383 g/mol. The van der Waals surface area contributed by atoms with Crippen molar-refractivity contribution in [3.63, 3.8) is 0 Å². The molecule has 26 heavy (non-hydrogen) atoms. The molecule has 0 heterocycles. The smallest absolute Gasteiger partial charge is 0.245 e. The maximum atomic E-state index is 13.2. The summed E-state index contributed by atoms with van der Waals surface area (Å²) in [5, 5.41) is 2.35. The van der Waals surface area contributed by atoms with Gasteiger partial charge in [-0.05, 0) is 37.3 Å². The van der Waals surface area contributed by atoms with E-state index in [1.807, 2.05) is 0 Å². The summed E-state index contributed by atoms with van der Waals surface area (Å²) in [6.45, 7) is 1.64. The first kappa shape index (κ1) is 20.0. The molecule has 140 valence electrons. The van der Waals surface area contributed by atoms with Gasteiger partial charge in [-0.1, -0.05) is 23.7 Å². The van der Waals surface area contributed by atoms with E-state index in [0.29, 0.717) is 12.4 Å². The second kappa shape index (κ2) is 8.37. The third kappa shape index (κ3) is 5.09. The minimum Gasteiger partial charge on any atom is -0.492 e. The highest BCUT2D eigenvalue weighted by molar-refractivity contribution is 7.92. The first-order valence-corrected chi connectivity index (χ1v) is 9.89. The van der Waals surface area contributed by atoms with Crippen molar-refractivity contribution in [2.24, 2.45) is 0 Å². The quantitative estimate of drug-likeness (QED) is 0.773. The lowest BCUT2D eigenvalue weighted by Crippen LogP contribution is -2.37. The van der Waals surface area contributed by atoms with E-state index >= 15 is 0 Å². The standard InChI is InChI=1S/C17H18ClFN2O4S/c1-3-25-16-7-5-4-6-15(16)21(26(2,23)24)11-17(22)20-12-8-9-14(19)13(18)10-12/h4-10H,3,11H2,1-2H3,(H,20,22). The third-order valence-electron chi connectivity index (χ3n) is 3.32. The van der Waals surface area contributed by atoms with Gasteiger partial charge in [0, 0.05) is 5.69 Å². The predicted octanol–water partition coefficient (Wildman–Crippen LogP) is 3.28. The summed E-state index contributed by atoms with van der Waals surface area (Å²) < 4.78 is 44.0. The monoisotopic (exact) mass is 400 g/mol. The molecule has 0 aliphatic rings. The van der Waals surface area contributed by atoms with Crippen molar-refractivity contribution < 1.29 is 22.3 Å². The molecule has 2 aromatic carbocycles. The second-order valence-electron chi connectivity index (χ2n) is 5.35. The van der Waals surface area contributed by atoms with Crippen molar-refractivity contribution in [2.45, 2.75) is 6.92 Å². The van der Waals surface area contributed by atoms with Crippen LogP contribution in [0.3, 0.4) is 0 Å². The molecule has 1 N–H and O–H groups in total. The molecule has 0 radical (unpaired) electrons. The van der Waals surface area contributed by atoms with Gasteiger partial charge in [-0.15, -0.1) is 0 Å². The van der Waals surface area contributed by atoms with E-state index < -0.39 is 28.3 Å². The van der Waals surface area contributed by atoms with E-state index in [2.05, 4.69) is 5.32 Å². The molecule has 0 saturated carbocycles. The maximum Gasteiger partial charge on any atom is 0.245 e. The Morgan fingerprint density at radius 3 is 2.58 bits per heavy atom. The van der Waals surface area contributed by atoms with Crippen molar-refractivity contribution in [2.75, 3.05) is 29.0 Å². The number of hydrogen-bond acceptors (Lipinski definition) is 4. The van der Waals surface area contributed by atoms with Crippen molar-refractivity contribution in [3.8, 4) is 5.75 Å². The highest BCUT2D eigenvalue weighted by Gasteiger charge is 2.24. The van der Waals surface area contributed by atoms with Gasteiger partial charge in [0.05, 0.1) is 23.6 Å². The number of nitrogens with one attached hydrogen (secondary N) is 1. The van der Waals surface area contributed by atoms with Crippen LogP contribution in [0.15, 0.2) is 42.5 Å². The number of benzene rings is 2. The van der Waals surface area contributed by atoms with Crippen LogP contribution in [0.25, 0.3) is 0 Å². The molecule has 0 aliphatic carbocycles. The normalized spacial score (nSPS) is 11.1. The average Bonchev–Trinajstić information content (AvgIpc) is 2.56. The van der Waals surface area contributed by atoms with Gasteiger partial charge < -0.3 is 10.1 Å². The fraction of sp³-hybridized carbons (Fsp3) is 0.235. The Morgan fingerprint density at radius 1 is 1.27 bits per heavy atom. The third-order valence-corrected chi connectivity index (χ3v) is 4.74. The first-order chi connectivity index (χ1) is 12.2. The van der Waals surface area contributed by atoms with E-state index in [9.17, 15) is 17.6 Å². The molecule has 0 atom stereocenters. The van der Waals surface area contributed by atoms with Crippen molar-refractivity contribution in [3.05, 3.63) is 53.3 Å². The predicted molar refractivity (Wildman–Crippen MR) is 99.8 cm³/mol. The minimum absolute atomic E-state index is 0.149. The number of hydrogen-bond donors (Lipinski definition) is 1. The Balaban J connectivity index is 2.26. The van der Waals surface area contributed by atoms with Crippen LogP contribution in [0.2, 0.25) is 5.02 Å². The van der Waals surface area contributed by atoms with Crippen LogP contribution >= 0.6 is 11.6 Å². The average molecular weight is 401 g/mol. The van der Waals surface area contributed by atoms with Gasteiger partial charge in [0.2, 0.25) is 15.9 Å². The number of halogens is 2. The molecule has 0 aliphatic heterocycles. The highest BCUT2D eigenvalue weighted by Crippen LogP contribution is 2.30. The van der Waals surface area contributed by atoms with E-state index in [1.54, 1.807) is 31.2 Å². The lowest BCUT2D eigenvalue weighted by Gasteiger charge is -2.24. The van der Waals surface area contributed by atoms with Gasteiger partial charge in [-0.3, -0.25) is 9.10 Å². The number of anilines is 2. The SMILES string of the molecule is CCOc1ccccc1N(CC(=O)Nc1ccc(F)c(Cl)c1)S(C)(=O)=O. The summed E-state index contributed by atoms with van der Waals surface area (Å²) in [4.78, 5) is 12.3. The summed E-state index contributed by atoms with van der Waals surface area (Å²) in [5.41, 5.74) is 0.511. The number of ether oxygens (including phenoxy) is 1. The Bertz CT molecular complexity index is 905. The molecule has 0 unspecified atom stereocenters. The molecule has 0 fully saturated rings. The highest BCUT2D eigenvalue weighted by atomic mass is 35.5. The Hall–Kier alpha value is -2.32. The zero-order chi connectivity index (χ0) is 19.3. The fourth-order valence-electron chi connectivity index (χ4n) is 2.23. The second-order valence-corrected chi connectivity index (χ2v) is 7.66. The lowest BCUT2D eigenvalue weighted by molar-refractivity contribution is -0.114. The topological polar surface area (TPSA) is 75.7 Å². The van der Waals surface area contributed by atoms with Crippen LogP contribution in [0.5, 0.6) is 5.75 Å². The number of sulfonamides is 1. The van der Waals surface area contributed by atoms with E-state index in [0.717, 1.165) is 16.6 Å². The van der Waals surface area contributed by atoms with E-state index in [4.69, 9.17) is 16.3 Å². The molecule has 0 saturated heterocycles. The molecule has 1 amide bonds. The van der Waals surface area contributed by atoms with Crippen LogP contribution in [0.4, 0.5) is 15.8 Å². The van der Waals surface area contributed by atoms with Crippen LogP contribution in [-0.2, 0) is 14.8 Å². The fourth-order valence-corrected chi connectivity index (χ4v) is 3.27. The summed E-state index contributed by atoms with van der Waals surface area (Å²) in [7, 11) is -3.75. The van der Waals surface area contributed by atoms with Gasteiger partial charge >= 0.3 is 0 Å². The molecule has 0 aromatic heterocycles. The summed E-state index contributed by atoms with van der Waals surface area (Å²) in [5.74, 6) is -0.879. The first-order valence-electron chi connectivity index (χ1n) is 7.66. The van der Waals surface area contributed by atoms with Gasteiger partial charge in [0.25, 0.3) is 0 Å². The zero-order valence-corrected chi connectivity index (χ0v) is 15.8. The Kier molecular flexibility index (Phi) is 6.44. The van der Waals surface area contributed by atoms with Gasteiger partial charge in [0.1, 0.15) is 18.1 Å². The van der Waals surface area contributed by atoms with Gasteiger partial charge in [-0.25, -0.2) is 12.8 Å². The molecule has 9 heteroatoms.